The molecule has 2 heterocycles. The van der Waals surface area contributed by atoms with Crippen molar-refractivity contribution in [3.8, 4) is 0 Å². The molecule has 0 N–H and O–H groups in total. The third kappa shape index (κ3) is 3.55. The number of oxime groups is 1. The van der Waals surface area contributed by atoms with Gasteiger partial charge in [-0.2, -0.15) is 13.2 Å². The highest BCUT2D eigenvalue weighted by atomic mass is 19.4. The van der Waals surface area contributed by atoms with Crippen molar-refractivity contribution in [2.24, 2.45) is 5.16 Å². The van der Waals surface area contributed by atoms with Crippen LogP contribution in [0.15, 0.2) is 5.16 Å². The Morgan fingerprint density at radius 1 is 1.45 bits per heavy atom. The van der Waals surface area contributed by atoms with Crippen LogP contribution < -0.4 is 0 Å². The smallest absolute Gasteiger partial charge is 0.389 e. The molecular weight excluding hydrogens is 277 g/mol. The monoisotopic (exact) mass is 294 g/mol. The van der Waals surface area contributed by atoms with E-state index in [1.807, 2.05) is 0 Å². The highest BCUT2D eigenvalue weighted by molar-refractivity contribution is 5.78. The van der Waals surface area contributed by atoms with Crippen molar-refractivity contribution in [3.05, 3.63) is 0 Å². The fourth-order valence-electron chi connectivity index (χ4n) is 2.44. The Balaban J connectivity index is 1.79. The van der Waals surface area contributed by atoms with Gasteiger partial charge in [0.05, 0.1) is 20.0 Å². The lowest BCUT2D eigenvalue weighted by molar-refractivity contribution is -0.152. The molecule has 2 rings (SSSR count). The first kappa shape index (κ1) is 14.9. The fourth-order valence-corrected chi connectivity index (χ4v) is 2.44. The minimum atomic E-state index is -4.29. The quantitative estimate of drug-likeness (QED) is 0.783. The number of nitrogens with zero attached hydrogens (tertiary/aromatic N) is 2. The maximum Gasteiger partial charge on any atom is 0.389 e. The second-order valence-corrected chi connectivity index (χ2v) is 5.14. The number of methoxy groups -OCH3 is 1. The van der Waals surface area contributed by atoms with Crippen LogP contribution in [0.1, 0.15) is 32.1 Å². The van der Waals surface area contributed by atoms with Gasteiger partial charge in [-0.3, -0.25) is 4.79 Å². The van der Waals surface area contributed by atoms with Crippen molar-refractivity contribution in [1.29, 1.82) is 0 Å². The van der Waals surface area contributed by atoms with E-state index in [0.717, 1.165) is 0 Å². The maximum atomic E-state index is 12.1. The van der Waals surface area contributed by atoms with Gasteiger partial charge in [0.1, 0.15) is 5.60 Å². The van der Waals surface area contributed by atoms with Crippen LogP contribution in [0.3, 0.4) is 0 Å². The van der Waals surface area contributed by atoms with Gasteiger partial charge >= 0.3 is 6.18 Å². The number of ether oxygens (including phenoxy) is 1. The van der Waals surface area contributed by atoms with E-state index in [1.54, 1.807) is 0 Å². The molecule has 1 fully saturated rings. The van der Waals surface area contributed by atoms with Gasteiger partial charge in [0.2, 0.25) is 11.8 Å². The van der Waals surface area contributed by atoms with E-state index in [4.69, 9.17) is 9.57 Å². The lowest BCUT2D eigenvalue weighted by atomic mass is 9.88. The summed E-state index contributed by atoms with van der Waals surface area (Å²) < 4.78 is 41.3. The lowest BCUT2D eigenvalue weighted by Crippen LogP contribution is -2.47. The third-order valence-corrected chi connectivity index (χ3v) is 3.70. The van der Waals surface area contributed by atoms with Gasteiger partial charge in [0, 0.05) is 32.4 Å². The molecule has 1 saturated heterocycles. The van der Waals surface area contributed by atoms with Crippen LogP contribution in [-0.2, 0) is 14.4 Å². The molecule has 0 aromatic rings. The first-order valence-corrected chi connectivity index (χ1v) is 6.47. The van der Waals surface area contributed by atoms with Crippen molar-refractivity contribution in [2.75, 3.05) is 20.2 Å². The van der Waals surface area contributed by atoms with E-state index in [0.29, 0.717) is 38.2 Å². The second kappa shape index (κ2) is 5.49. The van der Waals surface area contributed by atoms with Gasteiger partial charge in [-0.05, 0) is 0 Å². The topological polar surface area (TPSA) is 51.1 Å². The Hall–Kier alpha value is -1.47. The van der Waals surface area contributed by atoms with Gasteiger partial charge in [-0.25, -0.2) is 0 Å². The summed E-state index contributed by atoms with van der Waals surface area (Å²) in [7, 11) is 1.51. The molecular formula is C12H17F3N2O3. The van der Waals surface area contributed by atoms with Crippen LogP contribution in [-0.4, -0.2) is 48.7 Å². The standard InChI is InChI=1S/C12H17F3N2O3/c1-19-9-8-11(20-16-9)4-6-17(7-5-11)10(18)2-3-12(13,14)15/h2-8H2,1H3. The Morgan fingerprint density at radius 3 is 2.60 bits per heavy atom. The molecule has 2 aliphatic heterocycles. The summed E-state index contributed by atoms with van der Waals surface area (Å²) in [6, 6.07) is 0. The summed E-state index contributed by atoms with van der Waals surface area (Å²) in [5.74, 6) is 0.0601. The minimum absolute atomic E-state index is 0.392. The first-order chi connectivity index (χ1) is 9.34. The maximum absolute atomic E-state index is 12.1. The number of hydrogen-bond acceptors (Lipinski definition) is 4. The van der Waals surface area contributed by atoms with Crippen LogP contribution in [0, 0.1) is 0 Å². The summed E-state index contributed by atoms with van der Waals surface area (Å²) in [5.41, 5.74) is -0.452. The Bertz CT molecular complexity index is 401. The fraction of sp³-hybridized carbons (Fsp3) is 0.833. The van der Waals surface area contributed by atoms with Gasteiger partial charge in [0.25, 0.3) is 0 Å². The van der Waals surface area contributed by atoms with Crippen LogP contribution >= 0.6 is 0 Å². The van der Waals surface area contributed by atoms with E-state index in [2.05, 4.69) is 5.16 Å². The molecule has 0 saturated carbocycles. The Labute approximate surface area is 114 Å². The summed E-state index contributed by atoms with van der Waals surface area (Å²) in [4.78, 5) is 18.5. The predicted octanol–water partition coefficient (Wildman–Crippen LogP) is 2.07. The molecule has 2 aliphatic rings. The number of likely N-dealkylation sites (tertiary alicyclic amines) is 1. The number of alkyl halides is 3. The van der Waals surface area contributed by atoms with Gasteiger partial charge in [-0.1, -0.05) is 5.16 Å². The van der Waals surface area contributed by atoms with E-state index >= 15 is 0 Å². The highest BCUT2D eigenvalue weighted by Crippen LogP contribution is 2.35. The summed E-state index contributed by atoms with van der Waals surface area (Å²) >= 11 is 0. The summed E-state index contributed by atoms with van der Waals surface area (Å²) in [6.07, 6.45) is -4.18. The average Bonchev–Trinajstić information content (AvgIpc) is 2.79. The molecule has 0 atom stereocenters. The summed E-state index contributed by atoms with van der Waals surface area (Å²) in [5, 5.41) is 3.81. The van der Waals surface area contributed by atoms with Crippen LogP contribution in [0.5, 0.6) is 0 Å². The molecule has 0 aliphatic carbocycles. The van der Waals surface area contributed by atoms with E-state index in [1.165, 1.54) is 12.0 Å². The molecule has 1 amide bonds. The molecule has 20 heavy (non-hydrogen) atoms. The molecule has 8 heteroatoms. The number of hydrogen-bond donors (Lipinski definition) is 0. The number of carbonyl (C=O) groups is 1. The number of carbonyl (C=O) groups excluding carboxylic acids is 1. The zero-order chi connectivity index (χ0) is 14.8. The van der Waals surface area contributed by atoms with Gasteiger partial charge in [-0.15, -0.1) is 0 Å². The Morgan fingerprint density at radius 2 is 2.10 bits per heavy atom. The van der Waals surface area contributed by atoms with Crippen molar-refractivity contribution >= 4 is 11.8 Å². The van der Waals surface area contributed by atoms with Gasteiger partial charge < -0.3 is 14.5 Å². The third-order valence-electron chi connectivity index (χ3n) is 3.70. The normalized spacial score (nSPS) is 21.6. The lowest BCUT2D eigenvalue weighted by Gasteiger charge is -2.37. The zero-order valence-corrected chi connectivity index (χ0v) is 11.2. The van der Waals surface area contributed by atoms with E-state index in [-0.39, 0.29) is 0 Å². The number of piperidine rings is 1. The predicted molar refractivity (Wildman–Crippen MR) is 64.0 cm³/mol. The van der Waals surface area contributed by atoms with Gasteiger partial charge in [0.15, 0.2) is 0 Å². The van der Waals surface area contributed by atoms with E-state index < -0.39 is 30.5 Å². The largest absolute Gasteiger partial charge is 0.482 e. The average molecular weight is 294 g/mol. The molecule has 0 bridgehead atoms. The SMILES string of the molecule is COC1=NOC2(CCN(C(=O)CCC(F)(F)F)CC2)C1. The number of rotatable bonds is 2. The van der Waals surface area contributed by atoms with Crippen LogP contribution in [0.25, 0.3) is 0 Å². The van der Waals surface area contributed by atoms with Crippen molar-refractivity contribution < 1.29 is 27.5 Å². The molecule has 1 spiro atoms. The van der Waals surface area contributed by atoms with Crippen molar-refractivity contribution in [3.63, 3.8) is 0 Å². The zero-order valence-electron chi connectivity index (χ0n) is 11.2. The molecule has 0 unspecified atom stereocenters. The molecule has 0 aromatic heterocycles. The number of amides is 1. The number of halogens is 3. The van der Waals surface area contributed by atoms with Crippen LogP contribution in [0.4, 0.5) is 13.2 Å². The molecule has 5 nitrogen and oxygen atoms in total. The minimum Gasteiger partial charge on any atom is -0.482 e. The van der Waals surface area contributed by atoms with E-state index in [9.17, 15) is 18.0 Å². The Kier molecular flexibility index (Phi) is 4.10. The molecule has 114 valence electrons. The molecule has 0 aromatic carbocycles. The second-order valence-electron chi connectivity index (χ2n) is 5.14. The van der Waals surface area contributed by atoms with Crippen molar-refractivity contribution in [2.45, 2.75) is 43.9 Å². The van der Waals surface area contributed by atoms with Crippen molar-refractivity contribution in [1.82, 2.24) is 4.90 Å². The first-order valence-electron chi connectivity index (χ1n) is 6.47. The summed E-state index contributed by atoms with van der Waals surface area (Å²) in [6.45, 7) is 0.784. The van der Waals surface area contributed by atoms with Crippen LogP contribution in [0.2, 0.25) is 0 Å². The molecule has 0 radical (unpaired) electrons. The highest BCUT2D eigenvalue weighted by Gasteiger charge is 2.43.